The van der Waals surface area contributed by atoms with Gasteiger partial charge >= 0.3 is 0 Å². The van der Waals surface area contributed by atoms with E-state index in [9.17, 15) is 4.39 Å². The quantitative estimate of drug-likeness (QED) is 0.528. The average Bonchev–Trinajstić information content (AvgIpc) is 3.33. The summed E-state index contributed by atoms with van der Waals surface area (Å²) in [7, 11) is 1.94. The minimum Gasteiger partial charge on any atom is -0.351 e. The van der Waals surface area contributed by atoms with Crippen molar-refractivity contribution in [2.24, 2.45) is 18.7 Å². The van der Waals surface area contributed by atoms with Crippen molar-refractivity contribution >= 4 is 21.7 Å². The molecule has 3 saturated heterocycles. The number of aryl methyl sites for hydroxylation is 1. The Hall–Kier alpha value is -1.59. The normalized spacial score (nSPS) is 34.2. The summed E-state index contributed by atoms with van der Waals surface area (Å²) in [4.78, 5) is 6.92. The van der Waals surface area contributed by atoms with Gasteiger partial charge in [-0.05, 0) is 40.9 Å². The Labute approximate surface area is 183 Å². The van der Waals surface area contributed by atoms with Crippen molar-refractivity contribution < 1.29 is 4.39 Å². The monoisotopic (exact) mass is 478 g/mol. The van der Waals surface area contributed by atoms with E-state index in [1.807, 2.05) is 35.0 Å². The maximum Gasteiger partial charge on any atom is 0.143 e. The molecule has 30 heavy (non-hydrogen) atoms. The molecule has 5 rings (SSSR count). The number of nitrogens with zero attached hydrogens (tertiary/aromatic N) is 4. The number of fused-ring (bicyclic) bond motifs is 1. The summed E-state index contributed by atoms with van der Waals surface area (Å²) in [5, 5.41) is 7.95. The number of alkyl halides is 1. The summed E-state index contributed by atoms with van der Waals surface area (Å²) in [5.74, 6) is 1.16. The molecule has 162 valence electrons. The summed E-state index contributed by atoms with van der Waals surface area (Å²) >= 11 is 3.60. The number of anilines is 1. The molecular formula is C20H28BrFN8. The third-order valence-corrected chi connectivity index (χ3v) is 7.11. The average molecular weight is 479 g/mol. The van der Waals surface area contributed by atoms with Crippen LogP contribution in [0.5, 0.6) is 0 Å². The van der Waals surface area contributed by atoms with E-state index in [0.717, 1.165) is 29.0 Å². The minimum atomic E-state index is -0.925. The molecule has 2 aromatic heterocycles. The maximum atomic E-state index is 14.1. The summed E-state index contributed by atoms with van der Waals surface area (Å²) in [6.45, 7) is 1.82. The van der Waals surface area contributed by atoms with E-state index in [0.29, 0.717) is 31.5 Å². The Balaban J connectivity index is 1.38. The molecule has 0 aromatic carbocycles. The van der Waals surface area contributed by atoms with Crippen LogP contribution in [-0.2, 0) is 7.05 Å². The molecule has 0 amide bonds. The van der Waals surface area contributed by atoms with Gasteiger partial charge in [-0.3, -0.25) is 10.1 Å². The molecule has 0 radical (unpaired) electrons. The lowest BCUT2D eigenvalue weighted by atomic mass is 9.82. The molecule has 8 nitrogen and oxygen atoms in total. The third-order valence-electron chi connectivity index (χ3n) is 6.49. The summed E-state index contributed by atoms with van der Waals surface area (Å²) < 4.78 is 16.8. The molecule has 3 aliphatic rings. The summed E-state index contributed by atoms with van der Waals surface area (Å²) in [5.41, 5.74) is 15.1. The van der Waals surface area contributed by atoms with Gasteiger partial charge in [-0.1, -0.05) is 0 Å². The van der Waals surface area contributed by atoms with Crippen LogP contribution < -0.4 is 26.8 Å². The molecule has 0 aliphatic carbocycles. The first-order valence-corrected chi connectivity index (χ1v) is 11.3. The fraction of sp³-hybridized carbons (Fsp3) is 0.600. The fourth-order valence-corrected chi connectivity index (χ4v) is 5.50. The highest BCUT2D eigenvalue weighted by Gasteiger charge is 2.42. The fourth-order valence-electron chi connectivity index (χ4n) is 5.03. The van der Waals surface area contributed by atoms with Gasteiger partial charge in [0.05, 0.1) is 29.0 Å². The molecule has 3 aliphatic heterocycles. The van der Waals surface area contributed by atoms with Crippen molar-refractivity contribution in [2.75, 3.05) is 24.5 Å². The van der Waals surface area contributed by atoms with Crippen LogP contribution in [-0.4, -0.2) is 52.7 Å². The van der Waals surface area contributed by atoms with Gasteiger partial charge in [0.2, 0.25) is 0 Å². The number of hydrogen-bond acceptors (Lipinski definition) is 7. The zero-order chi connectivity index (χ0) is 20.8. The molecular weight excluding hydrogens is 451 g/mol. The summed E-state index contributed by atoms with van der Waals surface area (Å²) in [6, 6.07) is 4.57. The molecule has 0 bridgehead atoms. The molecule has 0 spiro atoms. The van der Waals surface area contributed by atoms with Crippen LogP contribution in [0.1, 0.15) is 36.2 Å². The second kappa shape index (κ2) is 8.16. The smallest absolute Gasteiger partial charge is 0.143 e. The maximum absolute atomic E-state index is 14.1. The number of rotatable bonds is 3. The number of piperidine rings is 2. The zero-order valence-corrected chi connectivity index (χ0v) is 18.5. The van der Waals surface area contributed by atoms with Gasteiger partial charge in [-0.2, -0.15) is 5.10 Å². The molecule has 0 saturated carbocycles. The lowest BCUT2D eigenvalue weighted by Gasteiger charge is -2.35. The molecule has 2 aromatic rings. The number of nitrogens with one attached hydrogen (secondary N) is 3. The Morgan fingerprint density at radius 3 is 2.87 bits per heavy atom. The van der Waals surface area contributed by atoms with Gasteiger partial charge in [0.1, 0.15) is 12.0 Å². The van der Waals surface area contributed by atoms with E-state index in [1.54, 1.807) is 0 Å². The minimum absolute atomic E-state index is 0.0859. The largest absolute Gasteiger partial charge is 0.351 e. The van der Waals surface area contributed by atoms with Crippen molar-refractivity contribution in [1.82, 2.24) is 30.9 Å². The lowest BCUT2D eigenvalue weighted by molar-refractivity contribution is 0.263. The predicted octanol–water partition coefficient (Wildman–Crippen LogP) is 1.32. The highest BCUT2D eigenvalue weighted by Crippen LogP contribution is 2.39. The van der Waals surface area contributed by atoms with E-state index in [1.165, 1.54) is 5.56 Å². The Morgan fingerprint density at radius 2 is 2.10 bits per heavy atom. The van der Waals surface area contributed by atoms with Crippen molar-refractivity contribution in [1.29, 1.82) is 0 Å². The predicted molar refractivity (Wildman–Crippen MR) is 116 cm³/mol. The molecule has 10 heteroatoms. The Bertz CT molecular complexity index is 897. The standard InChI is InChI=1S/C20H28BrFN8/c1-29-8-11(6-25-29)17-5-14-18(7-24-17)27-28-19(14)16-3-2-15(21)20(26-16)30-9-12(22)4-13(23)10-30/h2-3,6,8,12-14,17-19,24,27-28H,4-5,7,9-10,23H2,1H3/t12-,13+,14?,17?,18?,19?/m1/s1. The van der Waals surface area contributed by atoms with Crippen LogP contribution in [0.2, 0.25) is 0 Å². The van der Waals surface area contributed by atoms with Crippen LogP contribution in [0, 0.1) is 5.92 Å². The van der Waals surface area contributed by atoms with Crippen molar-refractivity contribution in [3.63, 3.8) is 0 Å². The van der Waals surface area contributed by atoms with Gasteiger partial charge < -0.3 is 16.0 Å². The first kappa shape index (κ1) is 20.3. The lowest BCUT2D eigenvalue weighted by Crippen LogP contribution is -2.48. The van der Waals surface area contributed by atoms with Gasteiger partial charge in [0.25, 0.3) is 0 Å². The molecule has 6 atom stereocenters. The van der Waals surface area contributed by atoms with Gasteiger partial charge in [0, 0.05) is 55.9 Å². The molecule has 5 heterocycles. The number of aromatic nitrogens is 3. The second-order valence-electron chi connectivity index (χ2n) is 8.72. The summed E-state index contributed by atoms with van der Waals surface area (Å²) in [6.07, 6.45) is 4.48. The Kier molecular flexibility index (Phi) is 5.53. The van der Waals surface area contributed by atoms with Crippen LogP contribution in [0.3, 0.4) is 0 Å². The first-order valence-electron chi connectivity index (χ1n) is 10.5. The highest BCUT2D eigenvalue weighted by atomic mass is 79.9. The van der Waals surface area contributed by atoms with E-state index < -0.39 is 6.17 Å². The molecule has 4 unspecified atom stereocenters. The number of nitrogens with two attached hydrogens (primary N) is 1. The van der Waals surface area contributed by atoms with E-state index in [4.69, 9.17) is 10.7 Å². The molecule has 3 fully saturated rings. The van der Waals surface area contributed by atoms with Gasteiger partial charge in [-0.15, -0.1) is 0 Å². The highest BCUT2D eigenvalue weighted by molar-refractivity contribution is 9.10. The number of hydrazine groups is 1. The van der Waals surface area contributed by atoms with Crippen LogP contribution in [0.15, 0.2) is 29.0 Å². The van der Waals surface area contributed by atoms with Gasteiger partial charge in [0.15, 0.2) is 0 Å². The molecule has 5 N–H and O–H groups in total. The van der Waals surface area contributed by atoms with Crippen molar-refractivity contribution in [3.05, 3.63) is 40.3 Å². The number of pyridine rings is 1. The number of halogens is 2. The van der Waals surface area contributed by atoms with Crippen LogP contribution in [0.25, 0.3) is 0 Å². The van der Waals surface area contributed by atoms with Crippen LogP contribution >= 0.6 is 15.9 Å². The van der Waals surface area contributed by atoms with Crippen LogP contribution in [0.4, 0.5) is 10.2 Å². The van der Waals surface area contributed by atoms with Gasteiger partial charge in [-0.25, -0.2) is 14.8 Å². The zero-order valence-electron chi connectivity index (χ0n) is 16.9. The van der Waals surface area contributed by atoms with E-state index >= 15 is 0 Å². The number of hydrogen-bond donors (Lipinski definition) is 4. The topological polar surface area (TPSA) is 96.1 Å². The SMILES string of the molecule is Cn1cc(C2CC3C(CN2)NNC3c2ccc(Br)c(N3C[C@@H](N)C[C@@H](F)C3)n2)cn1. The second-order valence-corrected chi connectivity index (χ2v) is 9.57. The van der Waals surface area contributed by atoms with Crippen molar-refractivity contribution in [3.8, 4) is 0 Å². The Morgan fingerprint density at radius 1 is 1.23 bits per heavy atom. The first-order chi connectivity index (χ1) is 14.5. The van der Waals surface area contributed by atoms with Crippen molar-refractivity contribution in [2.45, 2.75) is 43.2 Å². The van der Waals surface area contributed by atoms with E-state index in [-0.39, 0.29) is 18.1 Å². The third kappa shape index (κ3) is 3.87. The van der Waals surface area contributed by atoms with E-state index in [2.05, 4.69) is 43.4 Å².